The van der Waals surface area contributed by atoms with Crippen LogP contribution in [0.1, 0.15) is 17.4 Å². The van der Waals surface area contributed by atoms with Crippen LogP contribution in [0.5, 0.6) is 11.5 Å². The van der Waals surface area contributed by atoms with Crippen molar-refractivity contribution in [2.45, 2.75) is 13.3 Å². The normalized spacial score (nSPS) is 11.5. The number of aromatic hydroxyl groups is 1. The van der Waals surface area contributed by atoms with E-state index in [1.165, 1.54) is 18.2 Å². The number of carbonyl (C=O) groups is 1. The molecule has 0 atom stereocenters. The standard InChI is InChI=1S/C16H11F3N2O5/c1-2-24-15(23)13-14(22)11-10(7-20-13)26-21-12(11)8-5-3-4-6-9(8)25-16(17,18)19/h3-7,22H,2H2,1H3. The number of nitrogens with zero attached hydrogens (tertiary/aromatic N) is 2. The number of alkyl halides is 3. The van der Waals surface area contributed by atoms with Crippen LogP contribution in [-0.2, 0) is 4.74 Å². The Bertz CT molecular complexity index is 968. The number of ether oxygens (including phenoxy) is 2. The Labute approximate surface area is 143 Å². The Kier molecular flexibility index (Phi) is 4.41. The molecule has 1 N–H and O–H groups in total. The average molecular weight is 368 g/mol. The lowest BCUT2D eigenvalue weighted by atomic mass is 10.1. The molecule has 7 nitrogen and oxygen atoms in total. The smallest absolute Gasteiger partial charge is 0.505 e. The topological polar surface area (TPSA) is 94.7 Å². The number of aromatic nitrogens is 2. The van der Waals surface area contributed by atoms with E-state index < -0.39 is 29.5 Å². The lowest BCUT2D eigenvalue weighted by Crippen LogP contribution is -2.17. The molecule has 0 fully saturated rings. The van der Waals surface area contributed by atoms with Gasteiger partial charge in [-0.05, 0) is 19.1 Å². The number of rotatable bonds is 4. The molecule has 0 saturated carbocycles. The second-order valence-electron chi connectivity index (χ2n) is 4.99. The maximum Gasteiger partial charge on any atom is 0.573 e. The van der Waals surface area contributed by atoms with Crippen molar-refractivity contribution in [3.05, 3.63) is 36.2 Å². The molecular weight excluding hydrogens is 357 g/mol. The number of para-hydroxylation sites is 1. The monoisotopic (exact) mass is 368 g/mol. The highest BCUT2D eigenvalue weighted by Gasteiger charge is 2.33. The molecule has 2 heterocycles. The molecule has 2 aromatic heterocycles. The summed E-state index contributed by atoms with van der Waals surface area (Å²) in [7, 11) is 0. The lowest BCUT2D eigenvalue weighted by molar-refractivity contribution is -0.274. The molecule has 0 aliphatic carbocycles. The van der Waals surface area contributed by atoms with Crippen LogP contribution in [0.2, 0.25) is 0 Å². The van der Waals surface area contributed by atoms with Gasteiger partial charge < -0.3 is 19.1 Å². The molecule has 3 aromatic rings. The van der Waals surface area contributed by atoms with Crippen molar-refractivity contribution < 1.29 is 37.1 Å². The first-order valence-corrected chi connectivity index (χ1v) is 7.31. The number of pyridine rings is 1. The summed E-state index contributed by atoms with van der Waals surface area (Å²) in [6.07, 6.45) is -3.81. The Morgan fingerprint density at radius 1 is 1.31 bits per heavy atom. The molecule has 3 rings (SSSR count). The summed E-state index contributed by atoms with van der Waals surface area (Å²) < 4.78 is 51.7. The highest BCUT2D eigenvalue weighted by Crippen LogP contribution is 2.40. The number of hydrogen-bond acceptors (Lipinski definition) is 7. The van der Waals surface area contributed by atoms with Gasteiger partial charge in [-0.1, -0.05) is 17.3 Å². The van der Waals surface area contributed by atoms with Crippen molar-refractivity contribution in [3.8, 4) is 22.8 Å². The second-order valence-corrected chi connectivity index (χ2v) is 4.99. The van der Waals surface area contributed by atoms with Crippen LogP contribution in [0.25, 0.3) is 22.2 Å². The fraction of sp³-hybridized carbons (Fsp3) is 0.188. The van der Waals surface area contributed by atoms with Crippen LogP contribution in [0.3, 0.4) is 0 Å². The van der Waals surface area contributed by atoms with Crippen LogP contribution < -0.4 is 4.74 Å². The van der Waals surface area contributed by atoms with Crippen molar-refractivity contribution in [1.82, 2.24) is 10.1 Å². The highest BCUT2D eigenvalue weighted by molar-refractivity contribution is 6.03. The summed E-state index contributed by atoms with van der Waals surface area (Å²) in [4.78, 5) is 15.6. The number of esters is 1. The molecule has 0 unspecified atom stereocenters. The van der Waals surface area contributed by atoms with E-state index in [4.69, 9.17) is 9.26 Å². The molecule has 0 saturated heterocycles. The quantitative estimate of drug-likeness (QED) is 0.702. The second kappa shape index (κ2) is 6.54. The summed E-state index contributed by atoms with van der Waals surface area (Å²) in [6, 6.07) is 5.21. The first kappa shape index (κ1) is 17.5. The Balaban J connectivity index is 2.18. The van der Waals surface area contributed by atoms with Crippen molar-refractivity contribution in [3.63, 3.8) is 0 Å². The molecule has 0 amide bonds. The lowest BCUT2D eigenvalue weighted by Gasteiger charge is -2.12. The third-order valence-electron chi connectivity index (χ3n) is 3.33. The van der Waals surface area contributed by atoms with Crippen LogP contribution in [-0.4, -0.2) is 34.2 Å². The molecule has 0 spiro atoms. The Hall–Kier alpha value is -3.30. The molecule has 136 valence electrons. The Morgan fingerprint density at radius 3 is 2.73 bits per heavy atom. The number of hydrogen-bond donors (Lipinski definition) is 1. The predicted octanol–water partition coefficient (Wildman–Crippen LogP) is 3.67. The summed E-state index contributed by atoms with van der Waals surface area (Å²) in [6.45, 7) is 1.62. The first-order chi connectivity index (χ1) is 12.3. The van der Waals surface area contributed by atoms with Gasteiger partial charge in [0.25, 0.3) is 0 Å². The molecule has 26 heavy (non-hydrogen) atoms. The average Bonchev–Trinajstić information content (AvgIpc) is 2.99. The first-order valence-electron chi connectivity index (χ1n) is 7.31. The van der Waals surface area contributed by atoms with E-state index in [9.17, 15) is 23.1 Å². The van der Waals surface area contributed by atoms with E-state index in [-0.39, 0.29) is 28.8 Å². The van der Waals surface area contributed by atoms with Crippen LogP contribution >= 0.6 is 0 Å². The van der Waals surface area contributed by atoms with Gasteiger partial charge in [0, 0.05) is 5.56 Å². The predicted molar refractivity (Wildman–Crippen MR) is 81.5 cm³/mol. The molecule has 0 radical (unpaired) electrons. The highest BCUT2D eigenvalue weighted by atomic mass is 19.4. The van der Waals surface area contributed by atoms with Gasteiger partial charge in [-0.2, -0.15) is 0 Å². The van der Waals surface area contributed by atoms with Gasteiger partial charge in [0.05, 0.1) is 18.2 Å². The zero-order chi connectivity index (χ0) is 18.9. The zero-order valence-electron chi connectivity index (χ0n) is 13.2. The molecule has 0 aliphatic heterocycles. The van der Waals surface area contributed by atoms with Gasteiger partial charge >= 0.3 is 12.3 Å². The van der Waals surface area contributed by atoms with Crippen molar-refractivity contribution >= 4 is 16.9 Å². The number of carbonyl (C=O) groups excluding carboxylic acids is 1. The van der Waals surface area contributed by atoms with E-state index >= 15 is 0 Å². The minimum atomic E-state index is -4.92. The van der Waals surface area contributed by atoms with Crippen LogP contribution in [0, 0.1) is 0 Å². The third kappa shape index (κ3) is 3.25. The van der Waals surface area contributed by atoms with Crippen molar-refractivity contribution in [2.75, 3.05) is 6.61 Å². The number of benzene rings is 1. The van der Waals surface area contributed by atoms with E-state index in [0.717, 1.165) is 12.3 Å². The van der Waals surface area contributed by atoms with Gasteiger partial charge in [0.2, 0.25) is 0 Å². The zero-order valence-corrected chi connectivity index (χ0v) is 13.2. The SMILES string of the molecule is CCOC(=O)c1ncc2onc(-c3ccccc3OC(F)(F)F)c2c1O. The van der Waals surface area contributed by atoms with Gasteiger partial charge in [-0.3, -0.25) is 0 Å². The Morgan fingerprint density at radius 2 is 2.04 bits per heavy atom. The van der Waals surface area contributed by atoms with Gasteiger partial charge in [0.15, 0.2) is 17.0 Å². The van der Waals surface area contributed by atoms with Crippen molar-refractivity contribution in [1.29, 1.82) is 0 Å². The number of fused-ring (bicyclic) bond motifs is 1. The fourth-order valence-electron chi connectivity index (χ4n) is 2.33. The largest absolute Gasteiger partial charge is 0.573 e. The van der Waals surface area contributed by atoms with Crippen molar-refractivity contribution in [2.24, 2.45) is 0 Å². The van der Waals surface area contributed by atoms with Crippen LogP contribution in [0.15, 0.2) is 35.0 Å². The van der Waals surface area contributed by atoms with E-state index in [0.29, 0.717) is 0 Å². The van der Waals surface area contributed by atoms with Gasteiger partial charge in [0.1, 0.15) is 11.4 Å². The van der Waals surface area contributed by atoms with Gasteiger partial charge in [-0.25, -0.2) is 9.78 Å². The van der Waals surface area contributed by atoms with E-state index in [2.05, 4.69) is 14.9 Å². The molecule has 1 aromatic carbocycles. The van der Waals surface area contributed by atoms with Gasteiger partial charge in [-0.15, -0.1) is 13.2 Å². The summed E-state index contributed by atoms with van der Waals surface area (Å²) in [5.41, 5.74) is -0.643. The summed E-state index contributed by atoms with van der Waals surface area (Å²) >= 11 is 0. The fourth-order valence-corrected chi connectivity index (χ4v) is 2.33. The molecule has 0 bridgehead atoms. The maximum atomic E-state index is 12.6. The third-order valence-corrected chi connectivity index (χ3v) is 3.33. The minimum Gasteiger partial charge on any atom is -0.505 e. The van der Waals surface area contributed by atoms with E-state index in [1.807, 2.05) is 0 Å². The van der Waals surface area contributed by atoms with Crippen LogP contribution in [0.4, 0.5) is 13.2 Å². The van der Waals surface area contributed by atoms with E-state index in [1.54, 1.807) is 6.92 Å². The maximum absolute atomic E-state index is 12.6. The minimum absolute atomic E-state index is 0.0210. The molecule has 0 aliphatic rings. The summed E-state index contributed by atoms with van der Waals surface area (Å²) in [5, 5.41) is 14.0. The molecular formula is C16H11F3N2O5. The molecule has 10 heteroatoms. The number of halogens is 3. The summed E-state index contributed by atoms with van der Waals surface area (Å²) in [5.74, 6) is -2.04.